The van der Waals surface area contributed by atoms with Gasteiger partial charge < -0.3 is 20.8 Å². The highest BCUT2D eigenvalue weighted by Crippen LogP contribution is 2.44. The first-order valence-electron chi connectivity index (χ1n) is 7.50. The van der Waals surface area contributed by atoms with Gasteiger partial charge in [-0.15, -0.1) is 23.1 Å². The molecule has 0 radical (unpaired) electrons. The number of thioether (sulfide) groups is 1. The Morgan fingerprint density at radius 3 is 2.81 bits per heavy atom. The molecular weight excluding hydrogens is 382 g/mol. The lowest BCUT2D eigenvalue weighted by Crippen LogP contribution is -2.85. The van der Waals surface area contributed by atoms with Crippen molar-refractivity contribution >= 4 is 47.3 Å². The summed E-state index contributed by atoms with van der Waals surface area (Å²) in [5.74, 6) is -2.42. The summed E-state index contributed by atoms with van der Waals surface area (Å²) < 4.78 is 0. The first kappa shape index (κ1) is 18.4. The Morgan fingerprint density at radius 1 is 1.46 bits per heavy atom. The largest absolute Gasteiger partial charge is 0.477 e. The number of carbonyl (C=O) groups is 4. The molecule has 1 aromatic heterocycles. The highest BCUT2D eigenvalue weighted by Gasteiger charge is 2.65. The van der Waals surface area contributed by atoms with Crippen molar-refractivity contribution in [3.05, 3.63) is 33.7 Å². The van der Waals surface area contributed by atoms with Gasteiger partial charge in [-0.3, -0.25) is 19.3 Å². The molecule has 26 heavy (non-hydrogen) atoms. The highest BCUT2D eigenvalue weighted by atomic mass is 32.2. The van der Waals surface area contributed by atoms with Crippen LogP contribution in [0.1, 0.15) is 4.88 Å². The van der Waals surface area contributed by atoms with E-state index >= 15 is 0 Å². The first-order chi connectivity index (χ1) is 12.4. The second-order valence-electron chi connectivity index (χ2n) is 5.63. The van der Waals surface area contributed by atoms with Gasteiger partial charge in [0.1, 0.15) is 11.1 Å². The van der Waals surface area contributed by atoms with E-state index in [1.807, 2.05) is 5.38 Å². The summed E-state index contributed by atoms with van der Waals surface area (Å²) in [7, 11) is 0. The van der Waals surface area contributed by atoms with Gasteiger partial charge >= 0.3 is 5.97 Å². The Morgan fingerprint density at radius 2 is 2.23 bits per heavy atom. The zero-order valence-electron chi connectivity index (χ0n) is 13.3. The smallest absolute Gasteiger partial charge is 0.352 e. The van der Waals surface area contributed by atoms with Gasteiger partial charge in [-0.1, -0.05) is 6.07 Å². The fourth-order valence-corrected chi connectivity index (χ4v) is 5.07. The number of fused-ring (bicyclic) bond motifs is 1. The number of amides is 3. The van der Waals surface area contributed by atoms with Gasteiger partial charge in [0.05, 0.1) is 13.0 Å². The van der Waals surface area contributed by atoms with Crippen molar-refractivity contribution in [1.29, 1.82) is 0 Å². The van der Waals surface area contributed by atoms with Gasteiger partial charge in [-0.2, -0.15) is 0 Å². The molecule has 1 saturated heterocycles. The average molecular weight is 397 g/mol. The molecule has 1 fully saturated rings. The Hall–Kier alpha value is -2.37. The molecule has 2 aliphatic heterocycles. The van der Waals surface area contributed by atoms with E-state index in [2.05, 4.69) is 10.6 Å². The van der Waals surface area contributed by atoms with Crippen LogP contribution in [0.5, 0.6) is 0 Å². The van der Waals surface area contributed by atoms with Crippen LogP contribution in [0.25, 0.3) is 0 Å². The van der Waals surface area contributed by atoms with Gasteiger partial charge in [0, 0.05) is 10.6 Å². The monoisotopic (exact) mass is 397 g/mol. The molecule has 0 spiro atoms. The van der Waals surface area contributed by atoms with Crippen LogP contribution in [0.15, 0.2) is 28.8 Å². The molecule has 3 amide bonds. The summed E-state index contributed by atoms with van der Waals surface area (Å²) in [5, 5.41) is 24.6. The van der Waals surface area contributed by atoms with Crippen molar-refractivity contribution in [2.24, 2.45) is 0 Å². The lowest BCUT2D eigenvalue weighted by atomic mass is 9.95. The number of rotatable bonds is 7. The zero-order chi connectivity index (χ0) is 18.9. The van der Waals surface area contributed by atoms with E-state index < -0.39 is 35.4 Å². The molecule has 0 unspecified atom stereocenters. The maximum Gasteiger partial charge on any atom is 0.352 e. The molecule has 0 aromatic carbocycles. The number of carboxylic acids is 1. The van der Waals surface area contributed by atoms with E-state index in [-0.39, 0.29) is 23.4 Å². The van der Waals surface area contributed by atoms with E-state index in [0.29, 0.717) is 6.41 Å². The fourth-order valence-electron chi connectivity index (χ4n) is 2.95. The summed E-state index contributed by atoms with van der Waals surface area (Å²) in [6.07, 6.45) is 0.334. The number of aliphatic hydroxyl groups is 1. The topological polar surface area (TPSA) is 136 Å². The molecule has 9 nitrogen and oxygen atoms in total. The average Bonchev–Trinajstić information content (AvgIpc) is 3.12. The van der Waals surface area contributed by atoms with Gasteiger partial charge in [0.2, 0.25) is 18.0 Å². The SMILES string of the molecule is O=CN[C@@]1(NC(=O)Cc2cccs2)C(=O)N2C(C(=O)O)=C(CO)CS[C@@H]21. The molecule has 0 bridgehead atoms. The molecule has 4 N–H and O–H groups in total. The molecule has 2 atom stereocenters. The van der Waals surface area contributed by atoms with E-state index in [0.717, 1.165) is 21.5 Å². The molecule has 3 rings (SSSR count). The Bertz CT molecular complexity index is 793. The lowest BCUT2D eigenvalue weighted by molar-refractivity contribution is -0.162. The molecule has 0 saturated carbocycles. The van der Waals surface area contributed by atoms with E-state index in [1.54, 1.807) is 12.1 Å². The molecule has 11 heteroatoms. The van der Waals surface area contributed by atoms with Gasteiger partial charge in [-0.25, -0.2) is 4.79 Å². The summed E-state index contributed by atoms with van der Waals surface area (Å²) in [6.45, 7) is -0.496. The Labute approximate surface area is 156 Å². The predicted molar refractivity (Wildman–Crippen MR) is 92.9 cm³/mol. The van der Waals surface area contributed by atoms with Crippen molar-refractivity contribution in [3.8, 4) is 0 Å². The number of aliphatic carboxylic acids is 1. The Balaban J connectivity index is 1.86. The third kappa shape index (κ3) is 2.87. The number of thiophene rings is 1. The minimum atomic E-state index is -1.71. The summed E-state index contributed by atoms with van der Waals surface area (Å²) >= 11 is 2.54. The highest BCUT2D eigenvalue weighted by molar-refractivity contribution is 8.00. The molecule has 138 valence electrons. The third-order valence-corrected chi connectivity index (χ3v) is 6.36. The number of aliphatic hydroxyl groups excluding tert-OH is 1. The van der Waals surface area contributed by atoms with Crippen LogP contribution < -0.4 is 10.6 Å². The third-order valence-electron chi connectivity index (χ3n) is 4.08. The van der Waals surface area contributed by atoms with Crippen LogP contribution in [0.3, 0.4) is 0 Å². The molecule has 1 aromatic rings. The standard InChI is InChI=1S/C15H15N3O6S2/c19-5-8-6-26-14-15(16-7-20,13(24)18(14)11(8)12(22)23)17-10(21)4-9-2-1-3-25-9/h1-3,7,14,19H,4-6H2,(H,16,20)(H,17,21)(H,22,23)/t14-,15-/m1/s1. The lowest BCUT2D eigenvalue weighted by Gasteiger charge is -2.56. The minimum absolute atomic E-state index is 0.0359. The molecular formula is C15H15N3O6S2. The molecule has 3 heterocycles. The number of nitrogens with zero attached hydrogens (tertiary/aromatic N) is 1. The van der Waals surface area contributed by atoms with Crippen LogP contribution in [0.2, 0.25) is 0 Å². The number of carbonyl (C=O) groups excluding carboxylic acids is 3. The van der Waals surface area contributed by atoms with Gasteiger partial charge in [-0.05, 0) is 17.0 Å². The van der Waals surface area contributed by atoms with Gasteiger partial charge in [0.15, 0.2) is 0 Å². The minimum Gasteiger partial charge on any atom is -0.477 e. The Kier molecular flexibility index (Phi) is 5.03. The van der Waals surface area contributed by atoms with Crippen molar-refractivity contribution in [2.45, 2.75) is 17.5 Å². The maximum absolute atomic E-state index is 12.7. The van der Waals surface area contributed by atoms with E-state index in [9.17, 15) is 29.4 Å². The van der Waals surface area contributed by atoms with Crippen molar-refractivity contribution in [1.82, 2.24) is 15.5 Å². The summed E-state index contributed by atoms with van der Waals surface area (Å²) in [6, 6.07) is 3.56. The van der Waals surface area contributed by atoms with E-state index in [4.69, 9.17) is 0 Å². The molecule has 0 aliphatic carbocycles. The van der Waals surface area contributed by atoms with Crippen LogP contribution in [0.4, 0.5) is 0 Å². The van der Waals surface area contributed by atoms with Crippen molar-refractivity contribution in [3.63, 3.8) is 0 Å². The summed E-state index contributed by atoms with van der Waals surface area (Å²) in [4.78, 5) is 49.4. The maximum atomic E-state index is 12.7. The number of carboxylic acid groups (broad SMARTS) is 1. The first-order valence-corrected chi connectivity index (χ1v) is 9.43. The normalized spacial score (nSPS) is 24.6. The van der Waals surface area contributed by atoms with Gasteiger partial charge in [0.25, 0.3) is 5.91 Å². The van der Waals surface area contributed by atoms with Crippen LogP contribution in [-0.2, 0) is 25.6 Å². The van der Waals surface area contributed by atoms with Crippen molar-refractivity contribution in [2.75, 3.05) is 12.4 Å². The van der Waals surface area contributed by atoms with Crippen LogP contribution in [-0.4, -0.2) is 62.7 Å². The quantitative estimate of drug-likeness (QED) is 0.266. The predicted octanol–water partition coefficient (Wildman–Crippen LogP) is -0.905. The van der Waals surface area contributed by atoms with Crippen LogP contribution >= 0.6 is 23.1 Å². The molecule has 2 aliphatic rings. The fraction of sp³-hybridized carbons (Fsp3) is 0.333. The van der Waals surface area contributed by atoms with Crippen molar-refractivity contribution < 1.29 is 29.4 Å². The number of hydrogen-bond acceptors (Lipinski definition) is 7. The summed E-state index contributed by atoms with van der Waals surface area (Å²) in [5.41, 5.74) is -1.81. The zero-order valence-corrected chi connectivity index (χ0v) is 14.9. The second-order valence-corrected chi connectivity index (χ2v) is 7.73. The second kappa shape index (κ2) is 7.09. The van der Waals surface area contributed by atoms with E-state index in [1.165, 1.54) is 11.3 Å². The number of hydrogen-bond donors (Lipinski definition) is 4. The van der Waals surface area contributed by atoms with Crippen LogP contribution in [0, 0.1) is 0 Å². The number of nitrogens with one attached hydrogen (secondary N) is 2. The number of β-lactam (4-membered cyclic amide) rings is 1.